The molecule has 3 nitrogen and oxygen atoms in total. The van der Waals surface area contributed by atoms with E-state index in [1.54, 1.807) is 0 Å². The van der Waals surface area contributed by atoms with Gasteiger partial charge in [0, 0.05) is 30.8 Å². The van der Waals surface area contributed by atoms with Gasteiger partial charge in [0.2, 0.25) is 0 Å². The van der Waals surface area contributed by atoms with Crippen LogP contribution in [-0.4, -0.2) is 15.8 Å². The first-order valence-corrected chi connectivity index (χ1v) is 5.79. The van der Waals surface area contributed by atoms with Crippen molar-refractivity contribution in [1.82, 2.24) is 15.1 Å². The molecule has 1 aromatic rings. The van der Waals surface area contributed by atoms with Crippen molar-refractivity contribution < 1.29 is 0 Å². The van der Waals surface area contributed by atoms with Crippen molar-refractivity contribution in [1.29, 1.82) is 0 Å². The minimum atomic E-state index is 0.508. The molecule has 0 amide bonds. The van der Waals surface area contributed by atoms with Crippen molar-refractivity contribution in [2.24, 2.45) is 0 Å². The van der Waals surface area contributed by atoms with E-state index in [1.165, 1.54) is 5.56 Å². The molecule has 0 unspecified atom stereocenters. The number of nitrogens with one attached hydrogen (secondary N) is 1. The van der Waals surface area contributed by atoms with Gasteiger partial charge < -0.3 is 5.32 Å². The molecule has 0 atom stereocenters. The Kier molecular flexibility index (Phi) is 5.07. The van der Waals surface area contributed by atoms with Gasteiger partial charge in [0.1, 0.15) is 0 Å². The van der Waals surface area contributed by atoms with Crippen LogP contribution in [0, 0.1) is 18.8 Å². The average molecular weight is 219 g/mol. The van der Waals surface area contributed by atoms with Gasteiger partial charge in [-0.25, -0.2) is 0 Å². The highest BCUT2D eigenvalue weighted by atomic mass is 15.3. The molecule has 0 saturated carbocycles. The van der Waals surface area contributed by atoms with Crippen LogP contribution in [0.3, 0.4) is 0 Å². The van der Waals surface area contributed by atoms with Crippen LogP contribution in [0.2, 0.25) is 0 Å². The molecular formula is C13H21N3. The fourth-order valence-corrected chi connectivity index (χ4v) is 1.46. The number of hydrogen-bond donors (Lipinski definition) is 1. The maximum absolute atomic E-state index is 4.47. The summed E-state index contributed by atoms with van der Waals surface area (Å²) in [6.45, 7) is 9.99. The van der Waals surface area contributed by atoms with Gasteiger partial charge in [-0.1, -0.05) is 13.8 Å². The molecular weight excluding hydrogens is 198 g/mol. The standard InChI is InChI=1S/C13H21N3/c1-5-6-7-8-16-10-13(12(4)15-16)9-14-11(2)3/h10-11,14H,7-9H2,1-4H3. The van der Waals surface area contributed by atoms with E-state index in [2.05, 4.69) is 49.2 Å². The van der Waals surface area contributed by atoms with Crippen LogP contribution in [0.25, 0.3) is 0 Å². The Bertz CT molecular complexity index is 380. The third kappa shape index (κ3) is 4.08. The predicted molar refractivity (Wildman–Crippen MR) is 67.0 cm³/mol. The second-order valence-corrected chi connectivity index (χ2v) is 4.22. The Morgan fingerprint density at radius 1 is 1.50 bits per heavy atom. The Hall–Kier alpha value is -1.27. The van der Waals surface area contributed by atoms with Crippen molar-refractivity contribution in [2.45, 2.75) is 53.2 Å². The fourth-order valence-electron chi connectivity index (χ4n) is 1.46. The van der Waals surface area contributed by atoms with Crippen molar-refractivity contribution in [2.75, 3.05) is 0 Å². The van der Waals surface area contributed by atoms with E-state index in [0.29, 0.717) is 6.04 Å². The maximum Gasteiger partial charge on any atom is 0.0638 e. The van der Waals surface area contributed by atoms with Gasteiger partial charge in [0.15, 0.2) is 0 Å². The van der Waals surface area contributed by atoms with Crippen LogP contribution >= 0.6 is 0 Å². The lowest BCUT2D eigenvalue weighted by molar-refractivity contribution is 0.586. The molecule has 1 heterocycles. The summed E-state index contributed by atoms with van der Waals surface area (Å²) in [4.78, 5) is 0. The van der Waals surface area contributed by atoms with Gasteiger partial charge in [-0.05, 0) is 13.8 Å². The zero-order chi connectivity index (χ0) is 12.0. The van der Waals surface area contributed by atoms with E-state index >= 15 is 0 Å². The van der Waals surface area contributed by atoms with Crippen molar-refractivity contribution in [3.8, 4) is 11.8 Å². The molecule has 88 valence electrons. The lowest BCUT2D eigenvalue weighted by Crippen LogP contribution is -2.21. The van der Waals surface area contributed by atoms with Crippen LogP contribution in [0.1, 0.15) is 38.4 Å². The smallest absolute Gasteiger partial charge is 0.0638 e. The molecule has 0 spiro atoms. The molecule has 1 N–H and O–H groups in total. The summed E-state index contributed by atoms with van der Waals surface area (Å²) in [5.74, 6) is 5.95. The quantitative estimate of drug-likeness (QED) is 0.769. The van der Waals surface area contributed by atoms with Gasteiger partial charge in [-0.3, -0.25) is 4.68 Å². The zero-order valence-corrected chi connectivity index (χ0v) is 10.7. The summed E-state index contributed by atoms with van der Waals surface area (Å²) in [7, 11) is 0. The van der Waals surface area contributed by atoms with E-state index in [-0.39, 0.29) is 0 Å². The van der Waals surface area contributed by atoms with E-state index in [4.69, 9.17) is 0 Å². The number of hydrogen-bond acceptors (Lipinski definition) is 2. The second kappa shape index (κ2) is 6.34. The topological polar surface area (TPSA) is 29.9 Å². The largest absolute Gasteiger partial charge is 0.310 e. The molecule has 16 heavy (non-hydrogen) atoms. The van der Waals surface area contributed by atoms with E-state index in [0.717, 1.165) is 25.2 Å². The highest BCUT2D eigenvalue weighted by Gasteiger charge is 2.04. The Labute approximate surface area is 98.2 Å². The highest BCUT2D eigenvalue weighted by molar-refractivity contribution is 5.15. The lowest BCUT2D eigenvalue weighted by Gasteiger charge is -2.06. The minimum Gasteiger partial charge on any atom is -0.310 e. The zero-order valence-electron chi connectivity index (χ0n) is 10.7. The third-order valence-corrected chi connectivity index (χ3v) is 2.39. The van der Waals surface area contributed by atoms with Crippen LogP contribution in [-0.2, 0) is 13.1 Å². The van der Waals surface area contributed by atoms with Crippen molar-refractivity contribution in [3.05, 3.63) is 17.5 Å². The molecule has 0 aromatic carbocycles. The maximum atomic E-state index is 4.47. The molecule has 0 aliphatic rings. The molecule has 1 aromatic heterocycles. The molecule has 0 aliphatic carbocycles. The van der Waals surface area contributed by atoms with E-state index in [1.807, 2.05) is 11.6 Å². The van der Waals surface area contributed by atoms with Gasteiger partial charge >= 0.3 is 0 Å². The van der Waals surface area contributed by atoms with Crippen molar-refractivity contribution >= 4 is 0 Å². The fraction of sp³-hybridized carbons (Fsp3) is 0.615. The number of aryl methyl sites for hydroxylation is 2. The normalized spacial score (nSPS) is 10.3. The van der Waals surface area contributed by atoms with Gasteiger partial charge in [-0.15, -0.1) is 11.8 Å². The predicted octanol–water partition coefficient (Wildman–Crippen LogP) is 2.10. The van der Waals surface area contributed by atoms with Crippen LogP contribution in [0.15, 0.2) is 6.20 Å². The molecule has 3 heteroatoms. The number of nitrogens with zero attached hydrogens (tertiary/aromatic N) is 2. The molecule has 0 fully saturated rings. The van der Waals surface area contributed by atoms with Gasteiger partial charge in [-0.2, -0.15) is 5.10 Å². The van der Waals surface area contributed by atoms with Crippen LogP contribution in [0.4, 0.5) is 0 Å². The van der Waals surface area contributed by atoms with E-state index in [9.17, 15) is 0 Å². The SMILES string of the molecule is CC#CCCn1cc(CNC(C)C)c(C)n1. The Morgan fingerprint density at radius 2 is 2.25 bits per heavy atom. The molecule has 0 aliphatic heterocycles. The van der Waals surface area contributed by atoms with Gasteiger partial charge in [0.05, 0.1) is 12.2 Å². The summed E-state index contributed by atoms with van der Waals surface area (Å²) in [5.41, 5.74) is 2.38. The summed E-state index contributed by atoms with van der Waals surface area (Å²) in [6.07, 6.45) is 2.98. The molecule has 0 radical (unpaired) electrons. The summed E-state index contributed by atoms with van der Waals surface area (Å²) in [5, 5.41) is 7.87. The van der Waals surface area contributed by atoms with Crippen LogP contribution < -0.4 is 5.32 Å². The highest BCUT2D eigenvalue weighted by Crippen LogP contribution is 2.06. The Morgan fingerprint density at radius 3 is 2.88 bits per heavy atom. The minimum absolute atomic E-state index is 0.508. The van der Waals surface area contributed by atoms with E-state index < -0.39 is 0 Å². The van der Waals surface area contributed by atoms with Gasteiger partial charge in [0.25, 0.3) is 0 Å². The Balaban J connectivity index is 2.54. The molecule has 1 rings (SSSR count). The monoisotopic (exact) mass is 219 g/mol. The average Bonchev–Trinajstić information content (AvgIpc) is 2.57. The molecule has 0 saturated heterocycles. The third-order valence-electron chi connectivity index (χ3n) is 2.39. The molecule has 0 bridgehead atoms. The lowest BCUT2D eigenvalue weighted by atomic mass is 10.2. The first kappa shape index (κ1) is 12.8. The summed E-state index contributed by atoms with van der Waals surface area (Å²) >= 11 is 0. The second-order valence-electron chi connectivity index (χ2n) is 4.22. The summed E-state index contributed by atoms with van der Waals surface area (Å²) < 4.78 is 1.98. The first-order chi connectivity index (χ1) is 7.63. The van der Waals surface area contributed by atoms with Crippen molar-refractivity contribution in [3.63, 3.8) is 0 Å². The first-order valence-electron chi connectivity index (χ1n) is 5.79. The summed E-state index contributed by atoms with van der Waals surface area (Å²) in [6, 6.07) is 0.508. The number of aromatic nitrogens is 2. The van der Waals surface area contributed by atoms with Crippen LogP contribution in [0.5, 0.6) is 0 Å². The number of rotatable bonds is 5.